The zero-order chi connectivity index (χ0) is 46.4. The third kappa shape index (κ3) is 11.6. The molecule has 348 valence electrons. The number of hydrogen-bond acceptors (Lipinski definition) is 14. The van der Waals surface area contributed by atoms with Gasteiger partial charge in [-0.15, -0.1) is 0 Å². The number of anilines is 4. The van der Waals surface area contributed by atoms with Crippen molar-refractivity contribution in [2.45, 2.75) is 39.2 Å². The highest BCUT2D eigenvalue weighted by Crippen LogP contribution is 2.53. The fraction of sp³-hybridized carbons (Fsp3) is 0.300. The van der Waals surface area contributed by atoms with Crippen LogP contribution in [0.1, 0.15) is 0 Å². The van der Waals surface area contributed by atoms with Gasteiger partial charge in [0, 0.05) is 124 Å². The molecule has 67 heavy (non-hydrogen) atoms. The number of likely N-dealkylation sites (N-methyl/N-ethyl adjacent to an activating group) is 2. The highest BCUT2D eigenvalue weighted by molar-refractivity contribution is 8.05. The number of H-pyrrole nitrogens is 2. The lowest BCUT2D eigenvalue weighted by Gasteiger charge is -2.29. The average Bonchev–Trinajstić information content (AvgIpc) is 3.32. The largest absolute Gasteiger partial charge is 0.384 e. The monoisotopic (exact) mass is 974 g/mol. The summed E-state index contributed by atoms with van der Waals surface area (Å²) in [5.74, 6) is -0.0368. The summed E-state index contributed by atoms with van der Waals surface area (Å²) in [6, 6.07) is 32.6. The second-order valence-corrected chi connectivity index (χ2v) is 21.2. The molecular weight excluding hydrogens is 921 g/mol. The fourth-order valence-electron chi connectivity index (χ4n) is 8.08. The number of nitrogens with one attached hydrogen (secondary N) is 4. The van der Waals surface area contributed by atoms with Gasteiger partial charge in [-0.1, -0.05) is 71.3 Å². The minimum Gasteiger partial charge on any atom is -0.384 e. The van der Waals surface area contributed by atoms with Crippen LogP contribution in [0.4, 0.5) is 22.7 Å². The van der Waals surface area contributed by atoms with Gasteiger partial charge in [0.15, 0.2) is 0 Å². The number of fused-ring (bicyclic) bond motifs is 4. The van der Waals surface area contributed by atoms with Crippen molar-refractivity contribution in [3.63, 3.8) is 0 Å². The van der Waals surface area contributed by atoms with E-state index in [1.54, 1.807) is 59.2 Å². The highest BCUT2D eigenvalue weighted by Gasteiger charge is 2.24. The molecule has 0 spiro atoms. The van der Waals surface area contributed by atoms with Crippen molar-refractivity contribution in [3.05, 3.63) is 118 Å². The van der Waals surface area contributed by atoms with E-state index in [9.17, 15) is 14.4 Å². The average molecular weight is 975 g/mol. The van der Waals surface area contributed by atoms with E-state index in [2.05, 4.69) is 110 Å². The maximum atomic E-state index is 12.5. The second kappa shape index (κ2) is 21.5. The number of amides is 1. The normalized spacial score (nSPS) is 15.2. The number of nitrogens with zero attached hydrogens (tertiary/aromatic N) is 4. The molecular formula is C50H54N8O5S4. The van der Waals surface area contributed by atoms with Gasteiger partial charge >= 0.3 is 0 Å². The van der Waals surface area contributed by atoms with E-state index in [0.29, 0.717) is 33.0 Å². The van der Waals surface area contributed by atoms with Crippen LogP contribution in [0.15, 0.2) is 146 Å². The Hall–Kier alpha value is -5.11. The van der Waals surface area contributed by atoms with Gasteiger partial charge in [-0.2, -0.15) is 0 Å². The Labute approximate surface area is 407 Å². The van der Waals surface area contributed by atoms with Crippen molar-refractivity contribution in [2.75, 3.05) is 121 Å². The predicted molar refractivity (Wildman–Crippen MR) is 275 cm³/mol. The maximum absolute atomic E-state index is 12.5. The number of morpholine rings is 2. The number of pyridine rings is 2. The molecule has 4 N–H and O–H groups in total. The molecule has 0 atom stereocenters. The maximum Gasteiger partial charge on any atom is 0.250 e. The highest BCUT2D eigenvalue weighted by atomic mass is 32.2. The lowest BCUT2D eigenvalue weighted by molar-refractivity contribution is -0.116. The standard InChI is InChI=1S/C25H26N4O3S2.C25H28N4O2S2/c1-28(2)15-24(31)26-16-6-7-20-22(12-16)33-21-5-3-4-18(25(21)34-20)19-13-17(14-23(30)27-19)29-8-10-32-11-9-29;1-28(2)9-8-26-17-6-7-21-23(14-17)32-22-5-3-4-19(25(22)33-21)20-15-18(16-24(30)27-20)29-10-12-31-13-11-29/h3-7,12-14H,8-11,15H2,1-2H3,(H,26,31)(H,27,30);3-7,14-16,26H,8-13H2,1-2H3,(H,27,30). The molecule has 4 aliphatic heterocycles. The van der Waals surface area contributed by atoms with E-state index in [1.807, 2.05) is 43.3 Å². The first kappa shape index (κ1) is 47.0. The van der Waals surface area contributed by atoms with Gasteiger partial charge in [-0.05, 0) is 88.9 Å². The van der Waals surface area contributed by atoms with Crippen LogP contribution in [0, 0.1) is 0 Å². The Morgan fingerprint density at radius 3 is 1.57 bits per heavy atom. The first-order valence-corrected chi connectivity index (χ1v) is 25.5. The number of carbonyl (C=O) groups is 1. The molecule has 2 saturated heterocycles. The Morgan fingerprint density at radius 1 is 0.582 bits per heavy atom. The van der Waals surface area contributed by atoms with E-state index < -0.39 is 0 Å². The quantitative estimate of drug-likeness (QED) is 0.0987. The Bertz CT molecular complexity index is 2880. The number of rotatable bonds is 11. The molecule has 1 amide bonds. The molecule has 6 heterocycles. The summed E-state index contributed by atoms with van der Waals surface area (Å²) < 4.78 is 10.9. The Balaban J connectivity index is 0.000000168. The second-order valence-electron chi connectivity index (χ2n) is 16.9. The van der Waals surface area contributed by atoms with E-state index in [1.165, 1.54) is 19.6 Å². The molecule has 4 aliphatic rings. The summed E-state index contributed by atoms with van der Waals surface area (Å²) in [4.78, 5) is 61.1. The van der Waals surface area contributed by atoms with Gasteiger partial charge in [-0.3, -0.25) is 14.4 Å². The molecule has 17 heteroatoms. The van der Waals surface area contributed by atoms with Crippen LogP contribution in [0.25, 0.3) is 22.5 Å². The molecule has 2 aromatic heterocycles. The first-order valence-electron chi connectivity index (χ1n) is 22.3. The van der Waals surface area contributed by atoms with Gasteiger partial charge in [0.1, 0.15) is 0 Å². The van der Waals surface area contributed by atoms with Crippen LogP contribution in [-0.4, -0.2) is 126 Å². The van der Waals surface area contributed by atoms with Crippen LogP contribution in [-0.2, 0) is 14.3 Å². The summed E-state index contributed by atoms with van der Waals surface area (Å²) in [7, 11) is 7.91. The van der Waals surface area contributed by atoms with E-state index in [0.717, 1.165) is 104 Å². The third-order valence-electron chi connectivity index (χ3n) is 11.3. The molecule has 4 aromatic carbocycles. The SMILES string of the molecule is CN(C)CC(=O)Nc1ccc2c(c1)Sc1cccc(-c3cc(N4CCOCC4)cc(=O)[nH]3)c1S2.CN(C)CCNc1ccc2c(c1)Sc1cccc(-c3cc(N4CCOCC4)cc(=O)[nH]3)c1S2. The van der Waals surface area contributed by atoms with Crippen LogP contribution in [0.2, 0.25) is 0 Å². The Kier molecular flexibility index (Phi) is 15.0. The van der Waals surface area contributed by atoms with Crippen LogP contribution >= 0.6 is 47.0 Å². The van der Waals surface area contributed by atoms with Gasteiger partial charge in [0.25, 0.3) is 0 Å². The molecule has 0 bridgehead atoms. The summed E-state index contributed by atoms with van der Waals surface area (Å²) in [5, 5.41) is 6.49. The van der Waals surface area contributed by atoms with Crippen molar-refractivity contribution in [1.29, 1.82) is 0 Å². The topological polar surface area (TPSA) is 138 Å². The molecule has 2 fully saturated rings. The zero-order valence-electron chi connectivity index (χ0n) is 38.0. The predicted octanol–water partition coefficient (Wildman–Crippen LogP) is 8.46. The van der Waals surface area contributed by atoms with Crippen molar-refractivity contribution >= 4 is 75.7 Å². The van der Waals surface area contributed by atoms with Crippen molar-refractivity contribution in [2.24, 2.45) is 0 Å². The number of ether oxygens (including phenoxy) is 2. The molecule has 10 rings (SSSR count). The number of hydrogen-bond donors (Lipinski definition) is 4. The molecule has 0 radical (unpaired) electrons. The van der Waals surface area contributed by atoms with Crippen LogP contribution in [0.3, 0.4) is 0 Å². The number of benzene rings is 4. The summed E-state index contributed by atoms with van der Waals surface area (Å²) >= 11 is 6.94. The van der Waals surface area contributed by atoms with Gasteiger partial charge in [0.2, 0.25) is 17.0 Å². The van der Waals surface area contributed by atoms with Crippen molar-refractivity contribution in [1.82, 2.24) is 19.8 Å². The molecule has 13 nitrogen and oxygen atoms in total. The fourth-order valence-corrected chi connectivity index (χ4v) is 12.9. The molecule has 0 saturated carbocycles. The van der Waals surface area contributed by atoms with E-state index in [4.69, 9.17) is 9.47 Å². The lowest BCUT2D eigenvalue weighted by atomic mass is 10.1. The molecule has 0 aliphatic carbocycles. The van der Waals surface area contributed by atoms with Crippen molar-refractivity contribution < 1.29 is 14.3 Å². The summed E-state index contributed by atoms with van der Waals surface area (Å²) in [6.45, 7) is 8.14. The molecule has 6 aromatic rings. The minimum atomic E-state index is -0.108. The summed E-state index contributed by atoms with van der Waals surface area (Å²) in [5.41, 5.74) is 7.38. The van der Waals surface area contributed by atoms with Gasteiger partial charge < -0.3 is 49.7 Å². The van der Waals surface area contributed by atoms with Gasteiger partial charge in [-0.25, -0.2) is 0 Å². The first-order chi connectivity index (χ1) is 32.5. The lowest BCUT2D eigenvalue weighted by Crippen LogP contribution is -2.36. The van der Waals surface area contributed by atoms with E-state index >= 15 is 0 Å². The summed E-state index contributed by atoms with van der Waals surface area (Å²) in [6.07, 6.45) is 0. The number of aromatic amines is 2. The van der Waals surface area contributed by atoms with Crippen LogP contribution < -0.4 is 31.6 Å². The minimum absolute atomic E-state index is 0.0368. The van der Waals surface area contributed by atoms with Crippen molar-refractivity contribution in [3.8, 4) is 22.5 Å². The third-order valence-corrected chi connectivity index (χ3v) is 16.5. The zero-order valence-corrected chi connectivity index (χ0v) is 41.2. The smallest absolute Gasteiger partial charge is 0.250 e. The molecule has 0 unspecified atom stereocenters. The Morgan fingerprint density at radius 2 is 1.07 bits per heavy atom. The van der Waals surface area contributed by atoms with Crippen LogP contribution in [0.5, 0.6) is 0 Å². The van der Waals surface area contributed by atoms with Gasteiger partial charge in [0.05, 0.1) is 44.4 Å². The number of aromatic nitrogens is 2. The number of carbonyl (C=O) groups excluding carboxylic acids is 1. The van der Waals surface area contributed by atoms with E-state index in [-0.39, 0.29) is 17.0 Å².